The fourth-order valence-corrected chi connectivity index (χ4v) is 4.59. The first-order valence-electron chi connectivity index (χ1n) is 11.7. The highest BCUT2D eigenvalue weighted by Crippen LogP contribution is 2.35. The quantitative estimate of drug-likeness (QED) is 0.707. The Morgan fingerprint density at radius 1 is 1.09 bits per heavy atom. The highest BCUT2D eigenvalue weighted by molar-refractivity contribution is 5.82. The van der Waals surface area contributed by atoms with Crippen LogP contribution in [0.4, 0.5) is 9.18 Å². The molecule has 0 saturated carbocycles. The summed E-state index contributed by atoms with van der Waals surface area (Å²) in [7, 11) is 0. The van der Waals surface area contributed by atoms with E-state index in [2.05, 4.69) is 12.2 Å². The van der Waals surface area contributed by atoms with Crippen LogP contribution in [0.15, 0.2) is 18.2 Å². The molecule has 0 aromatic heterocycles. The summed E-state index contributed by atoms with van der Waals surface area (Å²) in [5.74, 6) is -0.453. The molecule has 7 nitrogen and oxygen atoms in total. The molecular weight excluding hydrogens is 411 g/mol. The van der Waals surface area contributed by atoms with Crippen LogP contribution in [0, 0.1) is 18.7 Å². The predicted molar refractivity (Wildman–Crippen MR) is 120 cm³/mol. The number of likely N-dealkylation sites (tertiary alicyclic amines) is 1. The smallest absolute Gasteiger partial charge is 0.317 e. The lowest BCUT2D eigenvalue weighted by atomic mass is 9.87. The van der Waals surface area contributed by atoms with Gasteiger partial charge in [-0.3, -0.25) is 9.59 Å². The number of rotatable bonds is 5. The first-order chi connectivity index (χ1) is 15.3. The summed E-state index contributed by atoms with van der Waals surface area (Å²) in [6, 6.07) is 4.63. The average molecular weight is 447 g/mol. The molecule has 0 aliphatic carbocycles. The van der Waals surface area contributed by atoms with Crippen LogP contribution < -0.4 is 5.32 Å². The van der Waals surface area contributed by atoms with Crippen molar-refractivity contribution in [2.24, 2.45) is 5.92 Å². The Kier molecular flexibility index (Phi) is 8.10. The fraction of sp³-hybridized carbons (Fsp3) is 0.625. The van der Waals surface area contributed by atoms with Crippen LogP contribution in [0.2, 0.25) is 0 Å². The summed E-state index contributed by atoms with van der Waals surface area (Å²) in [4.78, 5) is 43.1. The van der Waals surface area contributed by atoms with Gasteiger partial charge in [-0.05, 0) is 43.4 Å². The van der Waals surface area contributed by atoms with Crippen molar-refractivity contribution in [3.05, 3.63) is 35.1 Å². The Labute approximate surface area is 189 Å². The Morgan fingerprint density at radius 2 is 1.78 bits per heavy atom. The number of hydrogen-bond acceptors (Lipinski definition) is 3. The molecule has 0 spiro atoms. The second-order valence-electron chi connectivity index (χ2n) is 8.87. The normalized spacial score (nSPS) is 21.4. The summed E-state index contributed by atoms with van der Waals surface area (Å²) in [6.07, 6.45) is 3.19. The van der Waals surface area contributed by atoms with E-state index in [-0.39, 0.29) is 35.6 Å². The Hall–Kier alpha value is -2.64. The van der Waals surface area contributed by atoms with Gasteiger partial charge in [0.05, 0.1) is 12.0 Å². The van der Waals surface area contributed by atoms with E-state index in [4.69, 9.17) is 0 Å². The van der Waals surface area contributed by atoms with Crippen molar-refractivity contribution in [2.45, 2.75) is 52.5 Å². The van der Waals surface area contributed by atoms with Gasteiger partial charge >= 0.3 is 6.03 Å². The van der Waals surface area contributed by atoms with Gasteiger partial charge in [-0.25, -0.2) is 9.18 Å². The Bertz CT molecular complexity index is 839. The minimum absolute atomic E-state index is 0.0297. The Morgan fingerprint density at radius 3 is 2.41 bits per heavy atom. The molecule has 0 unspecified atom stereocenters. The van der Waals surface area contributed by atoms with E-state index in [9.17, 15) is 18.8 Å². The number of benzene rings is 1. The van der Waals surface area contributed by atoms with Crippen LogP contribution in [0.5, 0.6) is 0 Å². The third-order valence-corrected chi connectivity index (χ3v) is 6.60. The van der Waals surface area contributed by atoms with Crippen LogP contribution in [0.3, 0.4) is 0 Å². The van der Waals surface area contributed by atoms with E-state index >= 15 is 0 Å². The summed E-state index contributed by atoms with van der Waals surface area (Å²) >= 11 is 0. The largest absolute Gasteiger partial charge is 0.339 e. The molecule has 32 heavy (non-hydrogen) atoms. The van der Waals surface area contributed by atoms with Gasteiger partial charge in [-0.15, -0.1) is 0 Å². The number of amides is 4. The number of halogens is 1. The van der Waals surface area contributed by atoms with Gasteiger partial charge in [-0.1, -0.05) is 25.5 Å². The number of urea groups is 1. The SMILES string of the molecule is CCCCNC(=O)N1C[C@H](C(=O)N2CCN(C(C)=O)CC2)CC[C@@H]1c1ccc(F)c(C)c1. The molecule has 2 atom stereocenters. The molecule has 4 amide bonds. The van der Waals surface area contributed by atoms with Crippen LogP contribution in [-0.4, -0.2) is 71.8 Å². The molecule has 0 radical (unpaired) electrons. The van der Waals surface area contributed by atoms with Crippen molar-refractivity contribution in [1.29, 1.82) is 0 Å². The number of piperidine rings is 1. The molecule has 3 rings (SSSR count). The number of unbranched alkanes of at least 4 members (excludes halogenated alkanes) is 1. The summed E-state index contributed by atoms with van der Waals surface area (Å²) in [5, 5.41) is 2.98. The van der Waals surface area contributed by atoms with E-state index in [1.165, 1.54) is 6.07 Å². The van der Waals surface area contributed by atoms with E-state index in [1.807, 2.05) is 4.90 Å². The maximum Gasteiger partial charge on any atom is 0.317 e. The fourth-order valence-electron chi connectivity index (χ4n) is 4.59. The number of nitrogens with zero attached hydrogens (tertiary/aromatic N) is 3. The van der Waals surface area contributed by atoms with Gasteiger partial charge in [-0.2, -0.15) is 0 Å². The average Bonchev–Trinajstić information content (AvgIpc) is 2.80. The maximum absolute atomic E-state index is 13.8. The highest BCUT2D eigenvalue weighted by atomic mass is 19.1. The minimum atomic E-state index is -0.270. The van der Waals surface area contributed by atoms with Crippen molar-refractivity contribution in [2.75, 3.05) is 39.3 Å². The van der Waals surface area contributed by atoms with Crippen molar-refractivity contribution < 1.29 is 18.8 Å². The summed E-state index contributed by atoms with van der Waals surface area (Å²) < 4.78 is 13.8. The lowest BCUT2D eigenvalue weighted by molar-refractivity contribution is -0.142. The topological polar surface area (TPSA) is 73.0 Å². The number of aryl methyl sites for hydroxylation is 1. The predicted octanol–water partition coefficient (Wildman–Crippen LogP) is 3.09. The molecule has 1 aromatic carbocycles. The monoisotopic (exact) mass is 446 g/mol. The van der Waals surface area contributed by atoms with Gasteiger partial charge in [0.2, 0.25) is 11.8 Å². The number of carbonyl (C=O) groups is 3. The molecule has 2 fully saturated rings. The van der Waals surface area contributed by atoms with E-state index < -0.39 is 0 Å². The van der Waals surface area contributed by atoms with Crippen LogP contribution >= 0.6 is 0 Å². The second kappa shape index (κ2) is 10.8. The molecule has 2 saturated heterocycles. The zero-order chi connectivity index (χ0) is 23.3. The van der Waals surface area contributed by atoms with Gasteiger partial charge in [0.25, 0.3) is 0 Å². The van der Waals surface area contributed by atoms with E-state index in [0.717, 1.165) is 18.4 Å². The first kappa shape index (κ1) is 24.0. The molecular formula is C24H35FN4O3. The molecule has 8 heteroatoms. The number of carbonyl (C=O) groups excluding carboxylic acids is 3. The van der Waals surface area contributed by atoms with Crippen molar-refractivity contribution in [3.63, 3.8) is 0 Å². The third kappa shape index (κ3) is 5.58. The zero-order valence-electron chi connectivity index (χ0n) is 19.4. The lowest BCUT2D eigenvalue weighted by Crippen LogP contribution is -2.55. The molecule has 1 aromatic rings. The molecule has 2 heterocycles. The number of hydrogen-bond donors (Lipinski definition) is 1. The van der Waals surface area contributed by atoms with Gasteiger partial charge in [0.1, 0.15) is 5.82 Å². The first-order valence-corrected chi connectivity index (χ1v) is 11.7. The van der Waals surface area contributed by atoms with Crippen LogP contribution in [0.25, 0.3) is 0 Å². The summed E-state index contributed by atoms with van der Waals surface area (Å²) in [6.45, 7) is 8.41. The van der Waals surface area contributed by atoms with Crippen molar-refractivity contribution in [1.82, 2.24) is 20.0 Å². The maximum atomic E-state index is 13.8. The minimum Gasteiger partial charge on any atom is -0.339 e. The van der Waals surface area contributed by atoms with Gasteiger partial charge in [0.15, 0.2) is 0 Å². The third-order valence-electron chi connectivity index (χ3n) is 6.60. The molecule has 2 aliphatic rings. The summed E-state index contributed by atoms with van der Waals surface area (Å²) in [5.41, 5.74) is 1.45. The highest BCUT2D eigenvalue weighted by Gasteiger charge is 2.38. The van der Waals surface area contributed by atoms with E-state index in [1.54, 1.807) is 35.8 Å². The van der Waals surface area contributed by atoms with Gasteiger partial charge < -0.3 is 20.0 Å². The number of piperazine rings is 1. The molecule has 0 bridgehead atoms. The molecule has 2 aliphatic heterocycles. The lowest BCUT2D eigenvalue weighted by Gasteiger charge is -2.42. The number of nitrogens with one attached hydrogen (secondary N) is 1. The van der Waals surface area contributed by atoms with Crippen LogP contribution in [0.1, 0.15) is 56.7 Å². The second-order valence-corrected chi connectivity index (χ2v) is 8.87. The Balaban J connectivity index is 1.72. The zero-order valence-corrected chi connectivity index (χ0v) is 19.4. The van der Waals surface area contributed by atoms with Crippen molar-refractivity contribution in [3.8, 4) is 0 Å². The van der Waals surface area contributed by atoms with E-state index in [0.29, 0.717) is 57.7 Å². The molecule has 1 N–H and O–H groups in total. The standard InChI is InChI=1S/C24H35FN4O3/c1-4-5-10-26-24(32)29-16-20(23(31)28-13-11-27(12-14-28)18(3)30)7-9-22(29)19-6-8-21(25)17(2)15-19/h6,8,15,20,22H,4-5,7,9-14,16H2,1-3H3,(H,26,32)/t20-,22-/m1/s1. The van der Waals surface area contributed by atoms with Gasteiger partial charge in [0, 0.05) is 46.2 Å². The van der Waals surface area contributed by atoms with Crippen molar-refractivity contribution >= 4 is 17.8 Å². The molecule has 176 valence electrons. The van der Waals surface area contributed by atoms with Crippen LogP contribution in [-0.2, 0) is 9.59 Å².